The first-order valence-corrected chi connectivity index (χ1v) is 9.60. The van der Waals surface area contributed by atoms with Gasteiger partial charge in [0.05, 0.1) is 5.69 Å². The normalized spacial score (nSPS) is 14.7. The number of carbonyl (C=O) groups excluding carboxylic acids is 1. The minimum atomic E-state index is -0.712. The van der Waals surface area contributed by atoms with E-state index in [0.29, 0.717) is 43.2 Å². The highest BCUT2D eigenvalue weighted by Gasteiger charge is 2.28. The van der Waals surface area contributed by atoms with Gasteiger partial charge in [0.1, 0.15) is 11.6 Å². The number of hydrogen-bond acceptors (Lipinski definition) is 6. The number of pyridine rings is 1. The standard InChI is InChI=1S/C21H20F2N4O3/c1-12-3-4-18(13(2)24-12)29-21(28)27-7-5-14(6-8-27)19-25-20(30-26-19)15-9-16(22)11-17(23)10-15/h3-4,9-11,14H,5-8H2,1-2H3. The van der Waals surface area contributed by atoms with Crippen LogP contribution in [0.15, 0.2) is 34.9 Å². The summed E-state index contributed by atoms with van der Waals surface area (Å²) in [6.07, 6.45) is 0.819. The number of hydrogen-bond donors (Lipinski definition) is 0. The van der Waals surface area contributed by atoms with Crippen molar-refractivity contribution in [3.63, 3.8) is 0 Å². The van der Waals surface area contributed by atoms with Gasteiger partial charge in [-0.1, -0.05) is 5.16 Å². The molecule has 1 aromatic carbocycles. The molecule has 30 heavy (non-hydrogen) atoms. The third-order valence-electron chi connectivity index (χ3n) is 5.04. The topological polar surface area (TPSA) is 81.4 Å². The van der Waals surface area contributed by atoms with Crippen LogP contribution in [0.3, 0.4) is 0 Å². The number of ether oxygens (including phenoxy) is 1. The summed E-state index contributed by atoms with van der Waals surface area (Å²) in [6, 6.07) is 6.59. The summed E-state index contributed by atoms with van der Waals surface area (Å²) in [5, 5.41) is 3.96. The smallest absolute Gasteiger partial charge is 0.408 e. The largest absolute Gasteiger partial charge is 0.415 e. The molecule has 4 rings (SSSR count). The van der Waals surface area contributed by atoms with Crippen molar-refractivity contribution in [3.8, 4) is 17.2 Å². The van der Waals surface area contributed by atoms with E-state index in [2.05, 4.69) is 15.1 Å². The first kappa shape index (κ1) is 19.9. The highest BCUT2D eigenvalue weighted by molar-refractivity contribution is 5.71. The maximum Gasteiger partial charge on any atom is 0.415 e. The Morgan fingerprint density at radius 2 is 1.80 bits per heavy atom. The number of aryl methyl sites for hydroxylation is 2. The molecule has 3 aromatic rings. The van der Waals surface area contributed by atoms with Crippen LogP contribution >= 0.6 is 0 Å². The van der Waals surface area contributed by atoms with Gasteiger partial charge in [0, 0.05) is 36.3 Å². The summed E-state index contributed by atoms with van der Waals surface area (Å²) in [4.78, 5) is 22.7. The average molecular weight is 414 g/mol. The molecule has 9 heteroatoms. The molecule has 7 nitrogen and oxygen atoms in total. The molecule has 1 aliphatic heterocycles. The minimum absolute atomic E-state index is 0.0206. The second-order valence-electron chi connectivity index (χ2n) is 7.28. The van der Waals surface area contributed by atoms with Gasteiger partial charge in [-0.3, -0.25) is 4.98 Å². The number of piperidine rings is 1. The van der Waals surface area contributed by atoms with Crippen molar-refractivity contribution in [3.05, 3.63) is 59.2 Å². The van der Waals surface area contributed by atoms with Crippen LogP contribution in [0.1, 0.15) is 36.0 Å². The number of nitrogens with zero attached hydrogens (tertiary/aromatic N) is 4. The molecule has 2 aromatic heterocycles. The second kappa shape index (κ2) is 8.17. The van der Waals surface area contributed by atoms with Gasteiger partial charge >= 0.3 is 6.09 Å². The number of benzene rings is 1. The van der Waals surface area contributed by atoms with Gasteiger partial charge < -0.3 is 14.2 Å². The molecule has 156 valence electrons. The molecule has 0 N–H and O–H groups in total. The SMILES string of the molecule is Cc1ccc(OC(=O)N2CCC(c3noc(-c4cc(F)cc(F)c4)n3)CC2)c(C)n1. The van der Waals surface area contributed by atoms with Crippen molar-refractivity contribution in [2.45, 2.75) is 32.6 Å². The fraction of sp³-hybridized carbons (Fsp3) is 0.333. The summed E-state index contributed by atoms with van der Waals surface area (Å²) in [5.41, 5.74) is 1.70. The van der Waals surface area contributed by atoms with E-state index < -0.39 is 17.7 Å². The molecule has 0 radical (unpaired) electrons. The van der Waals surface area contributed by atoms with Crippen molar-refractivity contribution in [2.75, 3.05) is 13.1 Å². The van der Waals surface area contributed by atoms with Crippen molar-refractivity contribution in [1.29, 1.82) is 0 Å². The van der Waals surface area contributed by atoms with Crippen LogP contribution in [0.25, 0.3) is 11.5 Å². The molecule has 0 saturated carbocycles. The quantitative estimate of drug-likeness (QED) is 0.632. The van der Waals surface area contributed by atoms with E-state index in [0.717, 1.165) is 23.9 Å². The van der Waals surface area contributed by atoms with Gasteiger partial charge in [-0.15, -0.1) is 0 Å². The second-order valence-corrected chi connectivity index (χ2v) is 7.28. The van der Waals surface area contributed by atoms with Crippen LogP contribution in [-0.4, -0.2) is 39.2 Å². The molecule has 0 atom stereocenters. The van der Waals surface area contributed by atoms with Gasteiger partial charge in [0.15, 0.2) is 11.6 Å². The van der Waals surface area contributed by atoms with Crippen molar-refractivity contribution in [2.24, 2.45) is 0 Å². The highest BCUT2D eigenvalue weighted by atomic mass is 19.1. The number of halogens is 2. The highest BCUT2D eigenvalue weighted by Crippen LogP contribution is 2.29. The van der Waals surface area contributed by atoms with E-state index in [-0.39, 0.29) is 17.4 Å². The van der Waals surface area contributed by atoms with E-state index in [1.165, 1.54) is 0 Å². The summed E-state index contributed by atoms with van der Waals surface area (Å²) < 4.78 is 37.5. The molecule has 0 bridgehead atoms. The predicted octanol–water partition coefficient (Wildman–Crippen LogP) is 4.41. The van der Waals surface area contributed by atoms with Crippen molar-refractivity contribution in [1.82, 2.24) is 20.0 Å². The van der Waals surface area contributed by atoms with Gasteiger partial charge in [0.25, 0.3) is 5.89 Å². The van der Waals surface area contributed by atoms with Crippen LogP contribution < -0.4 is 4.74 Å². The summed E-state index contributed by atoms with van der Waals surface area (Å²) >= 11 is 0. The summed E-state index contributed by atoms with van der Waals surface area (Å²) in [5.74, 6) is -0.481. The zero-order valence-corrected chi connectivity index (χ0v) is 16.6. The molecule has 1 aliphatic rings. The molecule has 1 amide bonds. The number of aromatic nitrogens is 3. The molecular formula is C21H20F2N4O3. The fourth-order valence-corrected chi connectivity index (χ4v) is 3.46. The third kappa shape index (κ3) is 4.29. The van der Waals surface area contributed by atoms with Crippen molar-refractivity contribution < 1.29 is 22.8 Å². The van der Waals surface area contributed by atoms with E-state index in [9.17, 15) is 13.6 Å². The molecular weight excluding hydrogens is 394 g/mol. The lowest BCUT2D eigenvalue weighted by atomic mass is 9.96. The lowest BCUT2D eigenvalue weighted by Crippen LogP contribution is -2.39. The van der Waals surface area contributed by atoms with Crippen LogP contribution in [-0.2, 0) is 0 Å². The maximum absolute atomic E-state index is 13.4. The van der Waals surface area contributed by atoms with Gasteiger partial charge in [-0.2, -0.15) is 4.98 Å². The lowest BCUT2D eigenvalue weighted by molar-refractivity contribution is 0.137. The van der Waals surface area contributed by atoms with E-state index >= 15 is 0 Å². The first-order chi connectivity index (χ1) is 14.4. The Morgan fingerprint density at radius 3 is 2.47 bits per heavy atom. The zero-order chi connectivity index (χ0) is 21.3. The molecule has 0 aliphatic carbocycles. The van der Waals surface area contributed by atoms with Gasteiger partial charge in [0.2, 0.25) is 0 Å². The summed E-state index contributed by atoms with van der Waals surface area (Å²) in [6.45, 7) is 4.61. The van der Waals surface area contributed by atoms with E-state index in [4.69, 9.17) is 9.26 Å². The molecule has 1 saturated heterocycles. The Balaban J connectivity index is 1.37. The molecule has 0 unspecified atom stereocenters. The molecule has 3 heterocycles. The average Bonchev–Trinajstić information content (AvgIpc) is 3.20. The van der Waals surface area contributed by atoms with Crippen LogP contribution in [0.2, 0.25) is 0 Å². The van der Waals surface area contributed by atoms with Crippen LogP contribution in [0.5, 0.6) is 5.75 Å². The van der Waals surface area contributed by atoms with Crippen molar-refractivity contribution >= 4 is 6.09 Å². The number of rotatable bonds is 3. The van der Waals surface area contributed by atoms with E-state index in [1.807, 2.05) is 6.92 Å². The summed E-state index contributed by atoms with van der Waals surface area (Å²) in [7, 11) is 0. The maximum atomic E-state index is 13.4. The Morgan fingerprint density at radius 1 is 1.10 bits per heavy atom. The van der Waals surface area contributed by atoms with Crippen LogP contribution in [0, 0.1) is 25.5 Å². The van der Waals surface area contributed by atoms with Gasteiger partial charge in [-0.25, -0.2) is 13.6 Å². The van der Waals surface area contributed by atoms with Gasteiger partial charge in [-0.05, 0) is 51.0 Å². The number of amides is 1. The predicted molar refractivity (Wildman–Crippen MR) is 103 cm³/mol. The third-order valence-corrected chi connectivity index (χ3v) is 5.04. The Labute approximate surface area is 171 Å². The Hall–Kier alpha value is -3.36. The first-order valence-electron chi connectivity index (χ1n) is 9.60. The minimum Gasteiger partial charge on any atom is -0.408 e. The van der Waals surface area contributed by atoms with Crippen LogP contribution in [0.4, 0.5) is 13.6 Å². The fourth-order valence-electron chi connectivity index (χ4n) is 3.46. The molecule has 1 fully saturated rings. The monoisotopic (exact) mass is 414 g/mol. The Kier molecular flexibility index (Phi) is 5.43. The molecule has 0 spiro atoms. The lowest BCUT2D eigenvalue weighted by Gasteiger charge is -2.29. The number of likely N-dealkylation sites (tertiary alicyclic amines) is 1. The van der Waals surface area contributed by atoms with E-state index in [1.54, 1.807) is 24.0 Å². The zero-order valence-electron chi connectivity index (χ0n) is 16.6. The number of carbonyl (C=O) groups is 1. The Bertz CT molecular complexity index is 1060.